The van der Waals surface area contributed by atoms with Crippen LogP contribution in [0.1, 0.15) is 18.4 Å². The van der Waals surface area contributed by atoms with Gasteiger partial charge in [-0.1, -0.05) is 0 Å². The molecule has 0 spiro atoms. The number of piperidine rings is 1. The minimum absolute atomic E-state index is 0.0827. The van der Waals surface area contributed by atoms with E-state index >= 15 is 0 Å². The fraction of sp³-hybridized carbons (Fsp3) is 0.320. The normalized spacial score (nSPS) is 16.9. The van der Waals surface area contributed by atoms with Crippen molar-refractivity contribution < 1.29 is 14.7 Å². The van der Waals surface area contributed by atoms with Crippen LogP contribution >= 0.6 is 0 Å². The van der Waals surface area contributed by atoms with Gasteiger partial charge in [-0.15, -0.1) is 0 Å². The Morgan fingerprint density at radius 2 is 2.00 bits per heavy atom. The van der Waals surface area contributed by atoms with Crippen molar-refractivity contribution in [1.29, 1.82) is 0 Å². The Morgan fingerprint density at radius 3 is 2.80 bits per heavy atom. The first kappa shape index (κ1) is 21.5. The van der Waals surface area contributed by atoms with Crippen LogP contribution < -0.4 is 4.90 Å². The molecule has 4 aromatic rings. The highest BCUT2D eigenvalue weighted by Crippen LogP contribution is 2.38. The number of aliphatic hydroxyl groups excluding tert-OH is 1. The van der Waals surface area contributed by atoms with Gasteiger partial charge in [0.15, 0.2) is 0 Å². The Hall–Kier alpha value is -4.05. The third kappa shape index (κ3) is 3.57. The average molecular weight is 472 g/mol. The van der Waals surface area contributed by atoms with Crippen molar-refractivity contribution in [2.24, 2.45) is 0 Å². The molecule has 2 aliphatic rings. The van der Waals surface area contributed by atoms with Crippen LogP contribution in [0, 0.1) is 0 Å². The van der Waals surface area contributed by atoms with Crippen LogP contribution in [-0.2, 0) is 11.3 Å². The summed E-state index contributed by atoms with van der Waals surface area (Å²) in [7, 11) is 1.79. The maximum atomic E-state index is 13.4. The molecular weight excluding hydrogens is 446 g/mol. The van der Waals surface area contributed by atoms with Crippen molar-refractivity contribution in [3.63, 3.8) is 0 Å². The molecular formula is C25H25N7O3. The summed E-state index contributed by atoms with van der Waals surface area (Å²) in [4.78, 5) is 47.8. The van der Waals surface area contributed by atoms with Crippen molar-refractivity contribution in [3.05, 3.63) is 48.4 Å². The molecule has 0 saturated carbocycles. The predicted molar refractivity (Wildman–Crippen MR) is 131 cm³/mol. The Labute approximate surface area is 201 Å². The summed E-state index contributed by atoms with van der Waals surface area (Å²) in [6, 6.07) is 7.71. The fourth-order valence-corrected chi connectivity index (χ4v) is 5.13. The van der Waals surface area contributed by atoms with E-state index in [-0.39, 0.29) is 18.0 Å². The quantitative estimate of drug-likeness (QED) is 0.474. The van der Waals surface area contributed by atoms with E-state index in [1.807, 2.05) is 41.6 Å². The van der Waals surface area contributed by atoms with Gasteiger partial charge < -0.3 is 19.9 Å². The van der Waals surface area contributed by atoms with Crippen LogP contribution in [0.5, 0.6) is 0 Å². The van der Waals surface area contributed by atoms with E-state index in [9.17, 15) is 14.7 Å². The lowest BCUT2D eigenvalue weighted by atomic mass is 9.99. The lowest BCUT2D eigenvalue weighted by Crippen LogP contribution is -2.54. The molecule has 0 aliphatic carbocycles. The van der Waals surface area contributed by atoms with Gasteiger partial charge in [0.05, 0.1) is 23.4 Å². The summed E-state index contributed by atoms with van der Waals surface area (Å²) in [5, 5.41) is 10.2. The second-order valence-corrected chi connectivity index (χ2v) is 9.11. The minimum Gasteiger partial charge on any atom is -0.387 e. The molecule has 2 aliphatic heterocycles. The highest BCUT2D eigenvalue weighted by molar-refractivity contribution is 6.04. The number of likely N-dealkylation sites (tertiary alicyclic amines) is 1. The number of nitrogens with zero attached hydrogens (tertiary/aromatic N) is 6. The van der Waals surface area contributed by atoms with E-state index in [1.165, 1.54) is 0 Å². The number of fused-ring (bicyclic) bond motifs is 4. The lowest BCUT2D eigenvalue weighted by Gasteiger charge is -2.43. The summed E-state index contributed by atoms with van der Waals surface area (Å²) >= 11 is 0. The number of amides is 3. The number of aliphatic hydroxyl groups is 1. The number of aromatic amines is 1. The van der Waals surface area contributed by atoms with Gasteiger partial charge in [0.1, 0.15) is 17.8 Å². The molecule has 10 heteroatoms. The van der Waals surface area contributed by atoms with Gasteiger partial charge in [-0.25, -0.2) is 14.8 Å². The molecule has 0 aromatic carbocycles. The number of hydrogen-bond donors (Lipinski definition) is 2. The van der Waals surface area contributed by atoms with Crippen molar-refractivity contribution in [2.75, 3.05) is 31.6 Å². The summed E-state index contributed by atoms with van der Waals surface area (Å²) in [6.07, 6.45) is 6.73. The maximum Gasteiger partial charge on any atom is 0.324 e. The first-order valence-electron chi connectivity index (χ1n) is 11.7. The predicted octanol–water partition coefficient (Wildman–Crippen LogP) is 2.53. The average Bonchev–Trinajstić information content (AvgIpc) is 3.37. The molecule has 10 nitrogen and oxygen atoms in total. The second-order valence-electron chi connectivity index (χ2n) is 9.11. The van der Waals surface area contributed by atoms with E-state index in [0.29, 0.717) is 38.0 Å². The highest BCUT2D eigenvalue weighted by Gasteiger charge is 2.37. The minimum atomic E-state index is -0.495. The van der Waals surface area contributed by atoms with Gasteiger partial charge in [0.2, 0.25) is 5.91 Å². The van der Waals surface area contributed by atoms with Crippen LogP contribution in [0.3, 0.4) is 0 Å². The first-order valence-corrected chi connectivity index (χ1v) is 11.7. The van der Waals surface area contributed by atoms with Crippen molar-refractivity contribution >= 4 is 39.7 Å². The second kappa shape index (κ2) is 8.31. The molecule has 1 fully saturated rings. The van der Waals surface area contributed by atoms with Crippen LogP contribution in [0.4, 0.5) is 10.5 Å². The van der Waals surface area contributed by atoms with E-state index < -0.39 is 6.61 Å². The van der Waals surface area contributed by atoms with E-state index in [0.717, 1.165) is 39.1 Å². The van der Waals surface area contributed by atoms with E-state index in [1.54, 1.807) is 23.0 Å². The van der Waals surface area contributed by atoms with Crippen molar-refractivity contribution in [3.8, 4) is 11.3 Å². The Bertz CT molecular complexity index is 1460. The summed E-state index contributed by atoms with van der Waals surface area (Å²) in [5.41, 5.74) is 5.61. The molecule has 1 saturated heterocycles. The number of H-pyrrole nitrogens is 1. The Kier molecular flexibility index (Phi) is 5.10. The van der Waals surface area contributed by atoms with Crippen LogP contribution in [0.15, 0.2) is 42.9 Å². The van der Waals surface area contributed by atoms with Crippen molar-refractivity contribution in [1.82, 2.24) is 29.7 Å². The number of aromatic nitrogens is 4. The SMILES string of the molecule is CN1Cc2cnc3ccc(-c4cnc5[nH]ccc5c4)nc3c2N(C2CCN(C(=O)CO)CC2)C1=O. The molecule has 0 unspecified atom stereocenters. The summed E-state index contributed by atoms with van der Waals surface area (Å²) in [6.45, 7) is 0.956. The lowest BCUT2D eigenvalue weighted by molar-refractivity contribution is -0.135. The van der Waals surface area contributed by atoms with Gasteiger partial charge in [-0.3, -0.25) is 14.7 Å². The third-order valence-electron chi connectivity index (χ3n) is 6.96. The third-order valence-corrected chi connectivity index (χ3v) is 6.96. The van der Waals surface area contributed by atoms with Gasteiger partial charge in [-0.2, -0.15) is 0 Å². The molecule has 4 aromatic heterocycles. The van der Waals surface area contributed by atoms with Crippen molar-refractivity contribution in [2.45, 2.75) is 25.4 Å². The molecule has 6 rings (SSSR count). The first-order chi connectivity index (χ1) is 17.0. The molecule has 6 heterocycles. The molecule has 0 atom stereocenters. The maximum absolute atomic E-state index is 13.4. The number of carbonyl (C=O) groups excluding carboxylic acids is 2. The number of pyridine rings is 3. The highest BCUT2D eigenvalue weighted by atomic mass is 16.3. The Morgan fingerprint density at radius 1 is 1.17 bits per heavy atom. The molecule has 3 amide bonds. The van der Waals surface area contributed by atoms with Gasteiger partial charge >= 0.3 is 6.03 Å². The zero-order chi connectivity index (χ0) is 24.1. The summed E-state index contributed by atoms with van der Waals surface area (Å²) < 4.78 is 0. The largest absolute Gasteiger partial charge is 0.387 e. The summed E-state index contributed by atoms with van der Waals surface area (Å²) in [5.74, 6) is -0.278. The van der Waals surface area contributed by atoms with Gasteiger partial charge in [0, 0.05) is 61.3 Å². The number of nitrogens with one attached hydrogen (secondary N) is 1. The number of hydrogen-bond acceptors (Lipinski definition) is 6. The van der Waals surface area contributed by atoms with E-state index in [2.05, 4.69) is 15.0 Å². The number of rotatable bonds is 3. The number of urea groups is 1. The van der Waals surface area contributed by atoms with E-state index in [4.69, 9.17) is 4.98 Å². The molecule has 0 radical (unpaired) electrons. The number of carbonyl (C=O) groups is 2. The zero-order valence-corrected chi connectivity index (χ0v) is 19.3. The number of anilines is 1. The molecule has 35 heavy (non-hydrogen) atoms. The van der Waals surface area contributed by atoms with Crippen LogP contribution in [0.25, 0.3) is 33.3 Å². The molecule has 178 valence electrons. The van der Waals surface area contributed by atoms with Gasteiger partial charge in [-0.05, 0) is 37.1 Å². The monoisotopic (exact) mass is 471 g/mol. The van der Waals surface area contributed by atoms with Gasteiger partial charge in [0.25, 0.3) is 0 Å². The molecule has 2 N–H and O–H groups in total. The zero-order valence-electron chi connectivity index (χ0n) is 19.3. The topological polar surface area (TPSA) is 119 Å². The smallest absolute Gasteiger partial charge is 0.324 e. The van der Waals surface area contributed by atoms with Crippen LogP contribution in [0.2, 0.25) is 0 Å². The Balaban J connectivity index is 1.44. The fourth-order valence-electron chi connectivity index (χ4n) is 5.13. The molecule has 0 bridgehead atoms. The van der Waals surface area contributed by atoms with Crippen LogP contribution in [-0.4, -0.2) is 79.6 Å². The standard InChI is InChI=1S/C25H25N7O3/c1-30-13-17-12-27-20-3-2-19(16-10-15-4-7-26-24(15)28-11-16)29-22(20)23(17)32(25(30)35)18-5-8-31(9-6-18)21(34)14-33/h2-4,7,10-12,18,33H,5-6,8-9,13-14H2,1H3,(H,26,28).